The van der Waals surface area contributed by atoms with Gasteiger partial charge in [0.1, 0.15) is 0 Å². The van der Waals surface area contributed by atoms with Crippen molar-refractivity contribution in [2.24, 2.45) is 0 Å². The van der Waals surface area contributed by atoms with Crippen molar-refractivity contribution >= 4 is 21.6 Å². The second-order valence-corrected chi connectivity index (χ2v) is 4.76. The molecule has 3 heterocycles. The molecule has 0 amide bonds. The molecule has 0 aliphatic carbocycles. The van der Waals surface area contributed by atoms with Crippen molar-refractivity contribution < 1.29 is 0 Å². The normalized spacial score (nSPS) is 21.3. The molecule has 1 fully saturated rings. The number of aromatic nitrogens is 2. The summed E-state index contributed by atoms with van der Waals surface area (Å²) >= 11 is 3.52. The van der Waals surface area contributed by atoms with Crippen LogP contribution in [0.3, 0.4) is 0 Å². The first kappa shape index (κ1) is 9.36. The molecular weight excluding hydrogens is 254 g/mol. The fraction of sp³-hybridized carbons (Fsp3) is 0.364. The minimum Gasteiger partial charge on any atom is -0.309 e. The van der Waals surface area contributed by atoms with Gasteiger partial charge in [0.05, 0.1) is 16.2 Å². The van der Waals surface area contributed by atoms with Gasteiger partial charge in [0, 0.05) is 12.4 Å². The van der Waals surface area contributed by atoms with E-state index < -0.39 is 0 Å². The fourth-order valence-electron chi connectivity index (χ4n) is 2.10. The summed E-state index contributed by atoms with van der Waals surface area (Å²) in [6, 6.07) is 4.48. The van der Waals surface area contributed by atoms with Crippen LogP contribution < -0.4 is 5.32 Å². The van der Waals surface area contributed by atoms with E-state index in [1.807, 2.05) is 18.3 Å². The van der Waals surface area contributed by atoms with Crippen LogP contribution in [0.1, 0.15) is 24.6 Å². The molecule has 1 unspecified atom stereocenters. The monoisotopic (exact) mass is 265 g/mol. The number of imidazole rings is 1. The summed E-state index contributed by atoms with van der Waals surface area (Å²) in [5.74, 6) is 0. The summed E-state index contributed by atoms with van der Waals surface area (Å²) in [5, 5.41) is 3.46. The van der Waals surface area contributed by atoms with Crippen LogP contribution in [0.4, 0.5) is 0 Å². The van der Waals surface area contributed by atoms with Gasteiger partial charge in [-0.3, -0.25) is 0 Å². The molecule has 0 spiro atoms. The molecule has 1 aliphatic heterocycles. The smallest absolute Gasteiger partial charge is 0.151 e. The third-order valence-corrected chi connectivity index (χ3v) is 3.49. The molecule has 78 valence electrons. The van der Waals surface area contributed by atoms with Gasteiger partial charge in [-0.15, -0.1) is 0 Å². The minimum atomic E-state index is 0.441. The Morgan fingerprint density at radius 2 is 2.47 bits per heavy atom. The average molecular weight is 266 g/mol. The zero-order valence-corrected chi connectivity index (χ0v) is 9.87. The van der Waals surface area contributed by atoms with Crippen LogP contribution in [0.5, 0.6) is 0 Å². The van der Waals surface area contributed by atoms with Crippen molar-refractivity contribution in [1.82, 2.24) is 14.7 Å². The maximum absolute atomic E-state index is 4.65. The van der Waals surface area contributed by atoms with Gasteiger partial charge in [-0.05, 0) is 47.4 Å². The lowest BCUT2D eigenvalue weighted by Crippen LogP contribution is -2.12. The number of nitrogens with zero attached hydrogens (tertiary/aromatic N) is 2. The van der Waals surface area contributed by atoms with E-state index in [1.165, 1.54) is 12.8 Å². The molecule has 15 heavy (non-hydrogen) atoms. The van der Waals surface area contributed by atoms with Gasteiger partial charge in [-0.25, -0.2) is 4.98 Å². The molecule has 1 N–H and O–H groups in total. The molecule has 2 aromatic rings. The Hall–Kier alpha value is -0.870. The summed E-state index contributed by atoms with van der Waals surface area (Å²) in [4.78, 5) is 4.65. The maximum Gasteiger partial charge on any atom is 0.151 e. The number of rotatable bonds is 1. The van der Waals surface area contributed by atoms with E-state index >= 15 is 0 Å². The quantitative estimate of drug-likeness (QED) is 0.859. The molecule has 3 nitrogen and oxygen atoms in total. The Morgan fingerprint density at radius 1 is 1.53 bits per heavy atom. The van der Waals surface area contributed by atoms with E-state index in [1.54, 1.807) is 0 Å². The highest BCUT2D eigenvalue weighted by Gasteiger charge is 2.19. The van der Waals surface area contributed by atoms with E-state index in [0.717, 1.165) is 22.4 Å². The lowest BCUT2D eigenvalue weighted by molar-refractivity contribution is 0.632. The molecule has 1 saturated heterocycles. The number of nitrogens with one attached hydrogen (secondary N) is 1. The van der Waals surface area contributed by atoms with Crippen LogP contribution in [-0.2, 0) is 0 Å². The van der Waals surface area contributed by atoms with Crippen molar-refractivity contribution in [1.29, 1.82) is 0 Å². The van der Waals surface area contributed by atoms with Crippen LogP contribution in [0.2, 0.25) is 0 Å². The Morgan fingerprint density at radius 3 is 3.20 bits per heavy atom. The molecular formula is C11H12BrN3. The molecule has 4 heteroatoms. The highest BCUT2D eigenvalue weighted by Crippen LogP contribution is 2.24. The standard InChI is InChI=1S/C11H12BrN3/c12-8-3-2-6-15-7-10(14-11(8)15)9-4-1-5-13-9/h2-3,6-7,9,13H,1,4-5H2. The number of hydrogen-bond acceptors (Lipinski definition) is 2. The second kappa shape index (κ2) is 3.61. The first-order valence-corrected chi connectivity index (χ1v) is 6.00. The molecule has 0 saturated carbocycles. The largest absolute Gasteiger partial charge is 0.309 e. The van der Waals surface area contributed by atoms with Gasteiger partial charge in [0.2, 0.25) is 0 Å². The molecule has 2 aromatic heterocycles. The zero-order chi connectivity index (χ0) is 10.3. The van der Waals surface area contributed by atoms with Crippen molar-refractivity contribution in [2.45, 2.75) is 18.9 Å². The average Bonchev–Trinajstić information content (AvgIpc) is 2.86. The number of halogens is 1. The fourth-order valence-corrected chi connectivity index (χ4v) is 2.55. The van der Waals surface area contributed by atoms with Crippen LogP contribution in [-0.4, -0.2) is 15.9 Å². The summed E-state index contributed by atoms with van der Waals surface area (Å²) in [5.41, 5.74) is 2.15. The van der Waals surface area contributed by atoms with E-state index in [0.29, 0.717) is 6.04 Å². The molecule has 0 aromatic carbocycles. The molecule has 1 aliphatic rings. The van der Waals surface area contributed by atoms with Gasteiger partial charge in [-0.1, -0.05) is 0 Å². The third-order valence-electron chi connectivity index (χ3n) is 2.87. The molecule has 0 bridgehead atoms. The van der Waals surface area contributed by atoms with E-state index in [-0.39, 0.29) is 0 Å². The van der Waals surface area contributed by atoms with Gasteiger partial charge in [-0.2, -0.15) is 0 Å². The summed E-state index contributed by atoms with van der Waals surface area (Å²) in [6.45, 7) is 1.11. The molecule has 0 radical (unpaired) electrons. The van der Waals surface area contributed by atoms with Crippen molar-refractivity contribution in [3.63, 3.8) is 0 Å². The van der Waals surface area contributed by atoms with Crippen LogP contribution >= 0.6 is 15.9 Å². The zero-order valence-electron chi connectivity index (χ0n) is 8.28. The number of pyridine rings is 1. The Bertz CT molecular complexity index is 486. The predicted molar refractivity (Wildman–Crippen MR) is 62.9 cm³/mol. The van der Waals surface area contributed by atoms with Crippen molar-refractivity contribution in [3.8, 4) is 0 Å². The van der Waals surface area contributed by atoms with E-state index in [2.05, 4.69) is 36.8 Å². The topological polar surface area (TPSA) is 29.3 Å². The van der Waals surface area contributed by atoms with Gasteiger partial charge >= 0.3 is 0 Å². The first-order chi connectivity index (χ1) is 7.34. The van der Waals surface area contributed by atoms with Crippen molar-refractivity contribution in [2.75, 3.05) is 6.54 Å². The van der Waals surface area contributed by atoms with Gasteiger partial charge < -0.3 is 9.72 Å². The highest BCUT2D eigenvalue weighted by atomic mass is 79.9. The minimum absolute atomic E-state index is 0.441. The molecule has 3 rings (SSSR count). The summed E-state index contributed by atoms with van der Waals surface area (Å²) in [7, 11) is 0. The highest BCUT2D eigenvalue weighted by molar-refractivity contribution is 9.10. The first-order valence-electron chi connectivity index (χ1n) is 5.21. The maximum atomic E-state index is 4.65. The van der Waals surface area contributed by atoms with Crippen LogP contribution in [0.25, 0.3) is 5.65 Å². The van der Waals surface area contributed by atoms with Crippen LogP contribution in [0.15, 0.2) is 29.0 Å². The summed E-state index contributed by atoms with van der Waals surface area (Å²) < 4.78 is 3.12. The third kappa shape index (κ3) is 1.58. The predicted octanol–water partition coefficient (Wildman–Crippen LogP) is 2.52. The molecule has 1 atom stereocenters. The second-order valence-electron chi connectivity index (χ2n) is 3.90. The number of hydrogen-bond donors (Lipinski definition) is 1. The SMILES string of the molecule is Brc1cccn2cc(C3CCCN3)nc12. The van der Waals surface area contributed by atoms with Crippen LogP contribution in [0, 0.1) is 0 Å². The summed E-state index contributed by atoms with van der Waals surface area (Å²) in [6.07, 6.45) is 6.59. The Balaban J connectivity index is 2.09. The van der Waals surface area contributed by atoms with Crippen molar-refractivity contribution in [3.05, 3.63) is 34.7 Å². The lowest BCUT2D eigenvalue weighted by Gasteiger charge is -2.04. The lowest BCUT2D eigenvalue weighted by atomic mass is 10.2. The van der Waals surface area contributed by atoms with E-state index in [4.69, 9.17) is 0 Å². The Labute approximate surface area is 96.6 Å². The van der Waals surface area contributed by atoms with Gasteiger partial charge in [0.15, 0.2) is 5.65 Å². The number of fused-ring (bicyclic) bond motifs is 1. The van der Waals surface area contributed by atoms with E-state index in [9.17, 15) is 0 Å². The Kier molecular flexibility index (Phi) is 2.25. The van der Waals surface area contributed by atoms with Gasteiger partial charge in [0.25, 0.3) is 0 Å².